The lowest BCUT2D eigenvalue weighted by molar-refractivity contribution is -0.140. The molecule has 0 aromatic heterocycles. The summed E-state index contributed by atoms with van der Waals surface area (Å²) in [5.41, 5.74) is 2.32. The molecule has 32 heavy (non-hydrogen) atoms. The van der Waals surface area contributed by atoms with Gasteiger partial charge in [-0.15, -0.1) is 0 Å². The number of halogens is 2. The molecule has 1 fully saturated rings. The van der Waals surface area contributed by atoms with Crippen molar-refractivity contribution in [3.8, 4) is 0 Å². The summed E-state index contributed by atoms with van der Waals surface area (Å²) in [5.74, 6) is -0.978. The van der Waals surface area contributed by atoms with E-state index in [4.69, 9.17) is 0 Å². The second-order valence-electron chi connectivity index (χ2n) is 8.84. The average molecular weight is 442 g/mol. The Morgan fingerprint density at radius 2 is 1.81 bits per heavy atom. The number of fused-ring (bicyclic) bond motifs is 1. The standard InChI is InChI=1S/C25H29F2N3O2/c1-17-8-11-29(12-9-17)25(32)24-21-5-3-2-4-18(21)10-13-30(24)16-23(31)28-15-19-6-7-20(26)14-22(19)27/h2-7,14,17,24H,8-13,15-16H2,1H3,(H,28,31)/t24-/m1/s1. The minimum Gasteiger partial charge on any atom is -0.351 e. The number of nitrogens with zero attached hydrogens (tertiary/aromatic N) is 2. The first-order valence-corrected chi connectivity index (χ1v) is 11.2. The van der Waals surface area contributed by atoms with Crippen LogP contribution in [0.3, 0.4) is 0 Å². The van der Waals surface area contributed by atoms with E-state index in [1.54, 1.807) is 0 Å². The molecule has 0 spiro atoms. The molecule has 0 saturated carbocycles. The van der Waals surface area contributed by atoms with Gasteiger partial charge in [0.05, 0.1) is 6.54 Å². The van der Waals surface area contributed by atoms with Crippen LogP contribution < -0.4 is 5.32 Å². The van der Waals surface area contributed by atoms with Crippen molar-refractivity contribution in [1.29, 1.82) is 0 Å². The van der Waals surface area contributed by atoms with E-state index in [9.17, 15) is 18.4 Å². The highest BCUT2D eigenvalue weighted by atomic mass is 19.1. The molecule has 0 aliphatic carbocycles. The number of nitrogens with one attached hydrogen (secondary N) is 1. The van der Waals surface area contributed by atoms with Crippen molar-refractivity contribution in [1.82, 2.24) is 15.1 Å². The van der Waals surface area contributed by atoms with Gasteiger partial charge in [0.15, 0.2) is 0 Å². The van der Waals surface area contributed by atoms with Gasteiger partial charge in [-0.2, -0.15) is 0 Å². The third-order valence-corrected chi connectivity index (χ3v) is 6.55. The molecule has 7 heteroatoms. The lowest BCUT2D eigenvalue weighted by Crippen LogP contribution is -2.50. The number of carbonyl (C=O) groups is 2. The summed E-state index contributed by atoms with van der Waals surface area (Å²) in [4.78, 5) is 30.1. The third-order valence-electron chi connectivity index (χ3n) is 6.55. The second kappa shape index (κ2) is 9.77. The van der Waals surface area contributed by atoms with Crippen molar-refractivity contribution in [3.05, 3.63) is 70.8 Å². The molecule has 170 valence electrons. The summed E-state index contributed by atoms with van der Waals surface area (Å²) in [6.07, 6.45) is 2.74. The largest absolute Gasteiger partial charge is 0.351 e. The van der Waals surface area contributed by atoms with E-state index in [2.05, 4.69) is 12.2 Å². The molecule has 0 radical (unpaired) electrons. The maximum Gasteiger partial charge on any atom is 0.244 e. The summed E-state index contributed by atoms with van der Waals surface area (Å²) in [6.45, 7) is 4.29. The molecule has 2 aromatic carbocycles. The fraction of sp³-hybridized carbons (Fsp3) is 0.440. The van der Waals surface area contributed by atoms with Gasteiger partial charge in [-0.3, -0.25) is 14.5 Å². The van der Waals surface area contributed by atoms with Crippen LogP contribution in [-0.2, 0) is 22.6 Å². The molecule has 0 unspecified atom stereocenters. The Labute approximate surface area is 187 Å². The number of piperidine rings is 1. The fourth-order valence-corrected chi connectivity index (χ4v) is 4.58. The van der Waals surface area contributed by atoms with Gasteiger partial charge in [0.2, 0.25) is 11.8 Å². The average Bonchev–Trinajstić information content (AvgIpc) is 2.78. The first kappa shape index (κ1) is 22.4. The predicted octanol–water partition coefficient (Wildman–Crippen LogP) is 3.44. The molecule has 1 saturated heterocycles. The van der Waals surface area contributed by atoms with Gasteiger partial charge in [-0.25, -0.2) is 8.78 Å². The predicted molar refractivity (Wildman–Crippen MR) is 118 cm³/mol. The van der Waals surface area contributed by atoms with Gasteiger partial charge in [0, 0.05) is 37.8 Å². The summed E-state index contributed by atoms with van der Waals surface area (Å²) in [6, 6.07) is 10.7. The van der Waals surface area contributed by atoms with Crippen LogP contribution in [0, 0.1) is 17.6 Å². The Kier molecular flexibility index (Phi) is 6.84. The van der Waals surface area contributed by atoms with Crippen molar-refractivity contribution in [2.24, 2.45) is 5.92 Å². The minimum absolute atomic E-state index is 0.0298. The van der Waals surface area contributed by atoms with Crippen LogP contribution in [0.25, 0.3) is 0 Å². The normalized spacial score (nSPS) is 19.5. The first-order valence-electron chi connectivity index (χ1n) is 11.2. The van der Waals surface area contributed by atoms with Crippen LogP contribution in [0.4, 0.5) is 8.78 Å². The van der Waals surface area contributed by atoms with Gasteiger partial charge >= 0.3 is 0 Å². The van der Waals surface area contributed by atoms with Gasteiger partial charge in [-0.05, 0) is 42.4 Å². The topological polar surface area (TPSA) is 52.7 Å². The molecule has 0 bridgehead atoms. The molecule has 4 rings (SSSR count). The molecule has 1 atom stereocenters. The van der Waals surface area contributed by atoms with Crippen molar-refractivity contribution in [2.75, 3.05) is 26.2 Å². The summed E-state index contributed by atoms with van der Waals surface area (Å²) < 4.78 is 27.0. The number of carbonyl (C=O) groups excluding carboxylic acids is 2. The lowest BCUT2D eigenvalue weighted by atomic mass is 9.90. The van der Waals surface area contributed by atoms with Crippen LogP contribution in [0.15, 0.2) is 42.5 Å². The van der Waals surface area contributed by atoms with Crippen LogP contribution >= 0.6 is 0 Å². The number of amides is 2. The quantitative estimate of drug-likeness (QED) is 0.774. The first-order chi connectivity index (χ1) is 15.4. The third kappa shape index (κ3) is 4.99. The smallest absolute Gasteiger partial charge is 0.244 e. The van der Waals surface area contributed by atoms with Crippen molar-refractivity contribution in [2.45, 2.75) is 38.8 Å². The van der Waals surface area contributed by atoms with Gasteiger partial charge < -0.3 is 10.2 Å². The highest BCUT2D eigenvalue weighted by Crippen LogP contribution is 2.32. The number of rotatable bonds is 5. The van der Waals surface area contributed by atoms with Crippen LogP contribution in [0.1, 0.15) is 42.5 Å². The monoisotopic (exact) mass is 441 g/mol. The van der Waals surface area contributed by atoms with E-state index in [1.807, 2.05) is 34.1 Å². The Morgan fingerprint density at radius 3 is 2.56 bits per heavy atom. The molecule has 5 nitrogen and oxygen atoms in total. The Morgan fingerprint density at radius 1 is 1.06 bits per heavy atom. The van der Waals surface area contributed by atoms with Crippen molar-refractivity contribution >= 4 is 11.8 Å². The second-order valence-corrected chi connectivity index (χ2v) is 8.84. The van der Waals surface area contributed by atoms with E-state index in [-0.39, 0.29) is 30.5 Å². The van der Waals surface area contributed by atoms with E-state index < -0.39 is 17.7 Å². The van der Waals surface area contributed by atoms with Crippen molar-refractivity contribution < 1.29 is 18.4 Å². The maximum atomic E-state index is 13.9. The van der Waals surface area contributed by atoms with E-state index in [1.165, 1.54) is 12.1 Å². The maximum absolute atomic E-state index is 13.9. The minimum atomic E-state index is -0.690. The van der Waals surface area contributed by atoms with Gasteiger partial charge in [-0.1, -0.05) is 37.3 Å². The van der Waals surface area contributed by atoms with Crippen LogP contribution in [0.5, 0.6) is 0 Å². The molecule has 2 amide bonds. The molecular weight excluding hydrogens is 412 g/mol. The highest BCUT2D eigenvalue weighted by Gasteiger charge is 2.37. The molecule has 2 aliphatic rings. The zero-order chi connectivity index (χ0) is 22.7. The number of likely N-dealkylation sites (tertiary alicyclic amines) is 1. The molecule has 2 aliphatic heterocycles. The van der Waals surface area contributed by atoms with Crippen LogP contribution in [-0.4, -0.2) is 47.8 Å². The highest BCUT2D eigenvalue weighted by molar-refractivity contribution is 5.85. The van der Waals surface area contributed by atoms with Gasteiger partial charge in [0.1, 0.15) is 17.7 Å². The molecule has 1 N–H and O–H groups in total. The zero-order valence-electron chi connectivity index (χ0n) is 18.3. The molecule has 2 aromatic rings. The van der Waals surface area contributed by atoms with E-state index in [0.717, 1.165) is 49.5 Å². The summed E-state index contributed by atoms with van der Waals surface area (Å²) >= 11 is 0. The Balaban J connectivity index is 1.47. The van der Waals surface area contributed by atoms with Crippen LogP contribution in [0.2, 0.25) is 0 Å². The molecule has 2 heterocycles. The van der Waals surface area contributed by atoms with E-state index >= 15 is 0 Å². The number of hydrogen-bond donors (Lipinski definition) is 1. The lowest BCUT2D eigenvalue weighted by Gasteiger charge is -2.40. The summed E-state index contributed by atoms with van der Waals surface area (Å²) in [5, 5.41) is 2.71. The Hall–Kier alpha value is -2.80. The number of benzene rings is 2. The molecular formula is C25H29F2N3O2. The number of hydrogen-bond acceptors (Lipinski definition) is 3. The Bertz CT molecular complexity index is 989. The SMILES string of the molecule is CC1CCN(C(=O)[C@H]2c3ccccc3CCN2CC(=O)NCc2ccc(F)cc2F)CC1. The van der Waals surface area contributed by atoms with Crippen molar-refractivity contribution in [3.63, 3.8) is 0 Å². The van der Waals surface area contributed by atoms with E-state index in [0.29, 0.717) is 12.5 Å². The fourth-order valence-electron chi connectivity index (χ4n) is 4.58. The summed E-state index contributed by atoms with van der Waals surface area (Å²) in [7, 11) is 0. The van der Waals surface area contributed by atoms with Gasteiger partial charge in [0.25, 0.3) is 0 Å². The zero-order valence-corrected chi connectivity index (χ0v) is 18.3.